The summed E-state index contributed by atoms with van der Waals surface area (Å²) in [7, 11) is 1.58. The number of methoxy groups -OCH3 is 1. The average Bonchev–Trinajstić information content (AvgIpc) is 2.61. The Labute approximate surface area is 146 Å². The zero-order valence-electron chi connectivity index (χ0n) is 14.3. The first-order valence-corrected chi connectivity index (χ1v) is 8.10. The molecule has 2 aromatic carbocycles. The van der Waals surface area contributed by atoms with Crippen LogP contribution < -0.4 is 15.4 Å². The lowest BCUT2D eigenvalue weighted by atomic mass is 9.98. The van der Waals surface area contributed by atoms with Crippen LogP contribution >= 0.6 is 0 Å². The molecule has 0 aliphatic carbocycles. The van der Waals surface area contributed by atoms with Crippen molar-refractivity contribution in [3.8, 4) is 5.75 Å². The number of ether oxygens (including phenoxy) is 1. The number of aliphatic hydroxyl groups excluding tert-OH is 1. The Hall–Kier alpha value is -2.60. The Balaban J connectivity index is 2.22. The number of hydrogen-bond acceptors (Lipinski definition) is 3. The fourth-order valence-corrected chi connectivity index (χ4v) is 2.47. The number of hydrogen-bond donors (Lipinski definition) is 3. The van der Waals surface area contributed by atoms with E-state index in [9.17, 15) is 9.18 Å². The number of carbonyl (C=O) groups excluding carboxylic acids is 1. The molecule has 134 valence electrons. The molecule has 2 aromatic rings. The molecule has 0 saturated heterocycles. The maximum atomic E-state index is 13.2. The van der Waals surface area contributed by atoms with E-state index in [4.69, 9.17) is 9.84 Å². The van der Waals surface area contributed by atoms with Crippen molar-refractivity contribution in [1.29, 1.82) is 0 Å². The SMILES string of the molecule is COc1ccc(C(NC(=O)N[C@H](C)CCO)c2ccc(F)cc2)cc1. The maximum Gasteiger partial charge on any atom is 0.315 e. The number of aliphatic hydroxyl groups is 1. The molecule has 6 heteroatoms. The molecule has 0 aromatic heterocycles. The van der Waals surface area contributed by atoms with Gasteiger partial charge in [-0.1, -0.05) is 24.3 Å². The van der Waals surface area contributed by atoms with Crippen molar-refractivity contribution in [2.45, 2.75) is 25.4 Å². The van der Waals surface area contributed by atoms with Gasteiger partial charge in [0.05, 0.1) is 13.2 Å². The predicted molar refractivity (Wildman–Crippen MR) is 94.1 cm³/mol. The minimum atomic E-state index is -0.437. The molecule has 25 heavy (non-hydrogen) atoms. The van der Waals surface area contributed by atoms with Crippen molar-refractivity contribution in [3.05, 3.63) is 65.5 Å². The lowest BCUT2D eigenvalue weighted by Crippen LogP contribution is -2.43. The second-order valence-electron chi connectivity index (χ2n) is 5.79. The molecule has 2 rings (SSSR count). The van der Waals surface area contributed by atoms with Gasteiger partial charge in [0, 0.05) is 12.6 Å². The topological polar surface area (TPSA) is 70.6 Å². The van der Waals surface area contributed by atoms with Crippen molar-refractivity contribution < 1.29 is 19.0 Å². The number of urea groups is 1. The molecule has 0 radical (unpaired) electrons. The molecule has 0 saturated carbocycles. The summed E-state index contributed by atoms with van der Waals surface area (Å²) in [4.78, 5) is 12.3. The van der Waals surface area contributed by atoms with Crippen LogP contribution in [0, 0.1) is 5.82 Å². The van der Waals surface area contributed by atoms with Crippen molar-refractivity contribution in [2.75, 3.05) is 13.7 Å². The summed E-state index contributed by atoms with van der Waals surface area (Å²) in [6.45, 7) is 1.82. The Bertz CT molecular complexity index is 674. The lowest BCUT2D eigenvalue weighted by molar-refractivity contribution is 0.229. The van der Waals surface area contributed by atoms with Gasteiger partial charge < -0.3 is 20.5 Å². The van der Waals surface area contributed by atoms with Crippen LogP contribution in [-0.2, 0) is 0 Å². The van der Waals surface area contributed by atoms with E-state index in [2.05, 4.69) is 10.6 Å². The van der Waals surface area contributed by atoms with Crippen LogP contribution in [0.4, 0.5) is 9.18 Å². The highest BCUT2D eigenvalue weighted by atomic mass is 19.1. The Morgan fingerprint density at radius 1 is 1.08 bits per heavy atom. The standard InChI is InChI=1S/C19H23FN2O3/c1-13(11-12-23)21-19(24)22-18(14-3-7-16(20)8-4-14)15-5-9-17(25-2)10-6-15/h3-10,13,18,23H,11-12H2,1-2H3,(H2,21,22,24)/t13-,18?/m1/s1. The average molecular weight is 346 g/mol. The molecule has 0 bridgehead atoms. The van der Waals surface area contributed by atoms with Gasteiger partial charge in [-0.2, -0.15) is 0 Å². The van der Waals surface area contributed by atoms with Gasteiger partial charge in [-0.05, 0) is 48.7 Å². The van der Waals surface area contributed by atoms with Gasteiger partial charge in [0.25, 0.3) is 0 Å². The number of nitrogens with one attached hydrogen (secondary N) is 2. The van der Waals surface area contributed by atoms with E-state index in [1.54, 1.807) is 31.4 Å². The van der Waals surface area contributed by atoms with E-state index in [1.807, 2.05) is 19.1 Å². The highest BCUT2D eigenvalue weighted by Crippen LogP contribution is 2.24. The summed E-state index contributed by atoms with van der Waals surface area (Å²) in [5, 5.41) is 14.6. The van der Waals surface area contributed by atoms with Gasteiger partial charge in [0.2, 0.25) is 0 Å². The van der Waals surface area contributed by atoms with Crippen molar-refractivity contribution in [1.82, 2.24) is 10.6 Å². The number of halogens is 1. The number of amides is 2. The highest BCUT2D eigenvalue weighted by Gasteiger charge is 2.18. The third-order valence-electron chi connectivity index (χ3n) is 3.87. The van der Waals surface area contributed by atoms with Crippen LogP contribution in [0.25, 0.3) is 0 Å². The summed E-state index contributed by atoms with van der Waals surface area (Å²) in [5.41, 5.74) is 1.61. The van der Waals surface area contributed by atoms with Crippen LogP contribution in [0.5, 0.6) is 5.75 Å². The number of carbonyl (C=O) groups is 1. The van der Waals surface area contributed by atoms with E-state index < -0.39 is 6.04 Å². The predicted octanol–water partition coefficient (Wildman–Crippen LogP) is 2.99. The van der Waals surface area contributed by atoms with E-state index in [0.29, 0.717) is 12.2 Å². The minimum Gasteiger partial charge on any atom is -0.497 e. The highest BCUT2D eigenvalue weighted by molar-refractivity contribution is 5.75. The second kappa shape index (κ2) is 9.03. The summed E-state index contributed by atoms with van der Waals surface area (Å²) >= 11 is 0. The van der Waals surface area contributed by atoms with Gasteiger partial charge in [-0.3, -0.25) is 0 Å². The second-order valence-corrected chi connectivity index (χ2v) is 5.79. The molecule has 0 aliphatic heterocycles. The molecule has 3 N–H and O–H groups in total. The minimum absolute atomic E-state index is 0.00131. The van der Waals surface area contributed by atoms with Crippen molar-refractivity contribution in [3.63, 3.8) is 0 Å². The van der Waals surface area contributed by atoms with Gasteiger partial charge in [0.15, 0.2) is 0 Å². The fraction of sp³-hybridized carbons (Fsp3) is 0.316. The summed E-state index contributed by atoms with van der Waals surface area (Å²) in [5.74, 6) is 0.376. The van der Waals surface area contributed by atoms with Crippen molar-refractivity contribution in [2.24, 2.45) is 0 Å². The molecule has 2 atom stereocenters. The van der Waals surface area contributed by atoms with E-state index in [1.165, 1.54) is 12.1 Å². The monoisotopic (exact) mass is 346 g/mol. The maximum absolute atomic E-state index is 13.2. The Morgan fingerprint density at radius 3 is 2.16 bits per heavy atom. The van der Waals surface area contributed by atoms with Crippen LogP contribution in [0.2, 0.25) is 0 Å². The number of rotatable bonds is 7. The normalized spacial score (nSPS) is 13.0. The third kappa shape index (κ3) is 5.46. The molecule has 0 aliphatic rings. The summed E-state index contributed by atoms with van der Waals surface area (Å²) in [6.07, 6.45) is 0.469. The zero-order chi connectivity index (χ0) is 18.2. The third-order valence-corrected chi connectivity index (χ3v) is 3.87. The molecule has 0 heterocycles. The molecular weight excluding hydrogens is 323 g/mol. The molecular formula is C19H23FN2O3. The first-order chi connectivity index (χ1) is 12.0. The molecule has 1 unspecified atom stereocenters. The Kier molecular flexibility index (Phi) is 6.77. The van der Waals surface area contributed by atoms with E-state index in [-0.39, 0.29) is 24.5 Å². The number of benzene rings is 2. The molecule has 2 amide bonds. The molecule has 0 fully saturated rings. The first-order valence-electron chi connectivity index (χ1n) is 8.10. The molecule has 0 spiro atoms. The lowest BCUT2D eigenvalue weighted by Gasteiger charge is -2.22. The summed E-state index contributed by atoms with van der Waals surface area (Å²) in [6, 6.07) is 12.4. The summed E-state index contributed by atoms with van der Waals surface area (Å²) < 4.78 is 18.4. The van der Waals surface area contributed by atoms with E-state index >= 15 is 0 Å². The van der Waals surface area contributed by atoms with Crippen molar-refractivity contribution >= 4 is 6.03 Å². The van der Waals surface area contributed by atoms with Gasteiger partial charge in [0.1, 0.15) is 11.6 Å². The van der Waals surface area contributed by atoms with Gasteiger partial charge in [-0.15, -0.1) is 0 Å². The smallest absolute Gasteiger partial charge is 0.315 e. The van der Waals surface area contributed by atoms with Gasteiger partial charge >= 0.3 is 6.03 Å². The first kappa shape index (κ1) is 18.7. The largest absolute Gasteiger partial charge is 0.497 e. The van der Waals surface area contributed by atoms with Crippen LogP contribution in [0.1, 0.15) is 30.5 Å². The van der Waals surface area contributed by atoms with E-state index in [0.717, 1.165) is 11.1 Å². The quantitative estimate of drug-likeness (QED) is 0.722. The fourth-order valence-electron chi connectivity index (χ4n) is 2.47. The molecule has 5 nitrogen and oxygen atoms in total. The Morgan fingerprint density at radius 2 is 1.64 bits per heavy atom. The van der Waals surface area contributed by atoms with Gasteiger partial charge in [-0.25, -0.2) is 9.18 Å². The van der Waals surface area contributed by atoms with Crippen LogP contribution in [-0.4, -0.2) is 30.9 Å². The van der Waals surface area contributed by atoms with Crippen LogP contribution in [0.3, 0.4) is 0 Å². The zero-order valence-corrected chi connectivity index (χ0v) is 14.3. The van der Waals surface area contributed by atoms with Crippen LogP contribution in [0.15, 0.2) is 48.5 Å².